The van der Waals surface area contributed by atoms with E-state index in [1.54, 1.807) is 18.5 Å². The molecule has 0 unspecified atom stereocenters. The Balaban J connectivity index is 1.89. The van der Waals surface area contributed by atoms with Crippen LogP contribution in [0.2, 0.25) is 0 Å². The summed E-state index contributed by atoms with van der Waals surface area (Å²) in [6.07, 6.45) is 9.54. The number of hydrogen-bond acceptors (Lipinski definition) is 3. The molecule has 0 saturated heterocycles. The molecular formula is C21H33N3O2S. The minimum atomic E-state index is -3.55. The fraction of sp³-hybridized carbons (Fsp3) is 0.571. The fourth-order valence-corrected chi connectivity index (χ4v) is 4.84. The van der Waals surface area contributed by atoms with Gasteiger partial charge in [0.15, 0.2) is 0 Å². The lowest BCUT2D eigenvalue weighted by atomic mass is 10.1. The van der Waals surface area contributed by atoms with E-state index >= 15 is 0 Å². The van der Waals surface area contributed by atoms with Gasteiger partial charge in [-0.2, -0.15) is 5.10 Å². The lowest BCUT2D eigenvalue weighted by molar-refractivity contribution is 0.558. The predicted octanol–water partition coefficient (Wildman–Crippen LogP) is 4.91. The molecule has 0 aliphatic heterocycles. The number of hydrogen-bond donors (Lipinski definition) is 1. The Hall–Kier alpha value is -1.66. The molecule has 2 rings (SSSR count). The average molecular weight is 392 g/mol. The summed E-state index contributed by atoms with van der Waals surface area (Å²) >= 11 is 0. The third-order valence-corrected chi connectivity index (χ3v) is 6.53. The van der Waals surface area contributed by atoms with Gasteiger partial charge in [0.05, 0.1) is 17.1 Å². The Bertz CT molecular complexity index is 798. The highest BCUT2D eigenvalue weighted by Gasteiger charge is 2.24. The van der Waals surface area contributed by atoms with Crippen LogP contribution in [0.5, 0.6) is 0 Å². The van der Waals surface area contributed by atoms with Crippen LogP contribution in [0.3, 0.4) is 0 Å². The third-order valence-electron chi connectivity index (χ3n) is 4.82. The van der Waals surface area contributed by atoms with Gasteiger partial charge >= 0.3 is 0 Å². The average Bonchev–Trinajstić information content (AvgIpc) is 2.96. The van der Waals surface area contributed by atoms with Gasteiger partial charge in [-0.25, -0.2) is 17.8 Å². The quantitative estimate of drug-likeness (QED) is 0.523. The Morgan fingerprint density at radius 3 is 2.15 bits per heavy atom. The molecule has 1 N–H and O–H groups in total. The van der Waals surface area contributed by atoms with Crippen LogP contribution in [0.1, 0.15) is 69.7 Å². The highest BCUT2D eigenvalue weighted by atomic mass is 32.2. The second-order valence-corrected chi connectivity index (χ2v) is 8.82. The van der Waals surface area contributed by atoms with Crippen molar-refractivity contribution in [3.63, 3.8) is 0 Å². The first-order chi connectivity index (χ1) is 13.0. The van der Waals surface area contributed by atoms with Crippen molar-refractivity contribution in [1.29, 1.82) is 0 Å². The van der Waals surface area contributed by atoms with Crippen LogP contribution in [-0.4, -0.2) is 24.7 Å². The lowest BCUT2D eigenvalue weighted by Crippen LogP contribution is -2.25. The fourth-order valence-electron chi connectivity index (χ4n) is 3.38. The number of nitrogens with zero attached hydrogens (tertiary/aromatic N) is 2. The van der Waals surface area contributed by atoms with Gasteiger partial charge in [0.2, 0.25) is 10.0 Å². The number of aryl methyl sites for hydroxylation is 1. The molecule has 1 aromatic heterocycles. The van der Waals surface area contributed by atoms with E-state index < -0.39 is 10.0 Å². The summed E-state index contributed by atoms with van der Waals surface area (Å²) in [6.45, 7) is 6.25. The van der Waals surface area contributed by atoms with Crippen LogP contribution in [0, 0.1) is 13.8 Å². The number of benzene rings is 1. The molecule has 0 aliphatic carbocycles. The molecule has 1 heterocycles. The first kappa shape index (κ1) is 21.6. The highest BCUT2D eigenvalue weighted by molar-refractivity contribution is 7.89. The summed E-state index contributed by atoms with van der Waals surface area (Å²) in [4.78, 5) is 0.297. The number of rotatable bonds is 12. The van der Waals surface area contributed by atoms with Crippen molar-refractivity contribution in [1.82, 2.24) is 14.5 Å². The number of unbranched alkanes of at least 4 members (excludes halogenated alkanes) is 7. The van der Waals surface area contributed by atoms with Crippen LogP contribution in [0.15, 0.2) is 35.2 Å². The summed E-state index contributed by atoms with van der Waals surface area (Å²) in [5, 5.41) is 4.44. The van der Waals surface area contributed by atoms with Gasteiger partial charge in [-0.05, 0) is 32.4 Å². The van der Waals surface area contributed by atoms with Crippen molar-refractivity contribution in [2.45, 2.75) is 77.0 Å². The monoisotopic (exact) mass is 391 g/mol. The molecule has 150 valence electrons. The largest absolute Gasteiger partial charge is 0.244 e. The summed E-state index contributed by atoms with van der Waals surface area (Å²) < 4.78 is 30.0. The van der Waals surface area contributed by atoms with E-state index in [4.69, 9.17) is 0 Å². The molecule has 2 aromatic rings. The van der Waals surface area contributed by atoms with Gasteiger partial charge in [0.1, 0.15) is 4.90 Å². The van der Waals surface area contributed by atoms with Gasteiger partial charge in [0, 0.05) is 6.54 Å². The van der Waals surface area contributed by atoms with Crippen LogP contribution < -0.4 is 4.72 Å². The zero-order chi connectivity index (χ0) is 19.7. The molecule has 0 saturated carbocycles. The van der Waals surface area contributed by atoms with Gasteiger partial charge in [-0.3, -0.25) is 0 Å². The predicted molar refractivity (Wildman–Crippen MR) is 111 cm³/mol. The van der Waals surface area contributed by atoms with Crippen molar-refractivity contribution in [2.75, 3.05) is 6.54 Å². The molecule has 0 bridgehead atoms. The van der Waals surface area contributed by atoms with Gasteiger partial charge in [-0.1, -0.05) is 70.1 Å². The van der Waals surface area contributed by atoms with Gasteiger partial charge in [-0.15, -0.1) is 0 Å². The Morgan fingerprint density at radius 2 is 1.52 bits per heavy atom. The van der Waals surface area contributed by atoms with Crippen molar-refractivity contribution in [3.8, 4) is 5.69 Å². The van der Waals surface area contributed by atoms with E-state index in [2.05, 4.69) is 16.7 Å². The lowest BCUT2D eigenvalue weighted by Gasteiger charge is -2.08. The zero-order valence-corrected chi connectivity index (χ0v) is 17.7. The number of sulfonamides is 1. The van der Waals surface area contributed by atoms with Gasteiger partial charge < -0.3 is 0 Å². The normalized spacial score (nSPS) is 11.8. The maximum atomic E-state index is 12.8. The SMILES string of the molecule is CCCCCCCCCCNS(=O)(=O)c1c(C)nn(-c2ccccc2)c1C. The molecule has 0 amide bonds. The van der Waals surface area contributed by atoms with Crippen LogP contribution in [0.25, 0.3) is 5.69 Å². The van der Waals surface area contributed by atoms with Gasteiger partial charge in [0.25, 0.3) is 0 Å². The summed E-state index contributed by atoms with van der Waals surface area (Å²) in [6, 6.07) is 9.60. The zero-order valence-electron chi connectivity index (χ0n) is 16.9. The molecule has 1 aromatic carbocycles. The molecule has 0 spiro atoms. The van der Waals surface area contributed by atoms with Crippen LogP contribution in [0.4, 0.5) is 0 Å². The maximum Gasteiger partial charge on any atom is 0.244 e. The first-order valence-corrected chi connectivity index (χ1v) is 11.6. The van der Waals surface area contributed by atoms with E-state index in [-0.39, 0.29) is 0 Å². The molecule has 5 nitrogen and oxygen atoms in total. The van der Waals surface area contributed by atoms with E-state index in [0.29, 0.717) is 22.8 Å². The smallest absolute Gasteiger partial charge is 0.236 e. The molecule has 27 heavy (non-hydrogen) atoms. The minimum Gasteiger partial charge on any atom is -0.236 e. The molecule has 0 radical (unpaired) electrons. The van der Waals surface area contributed by atoms with E-state index in [0.717, 1.165) is 18.5 Å². The van der Waals surface area contributed by atoms with Crippen LogP contribution in [-0.2, 0) is 10.0 Å². The van der Waals surface area contributed by atoms with E-state index in [9.17, 15) is 8.42 Å². The molecule has 0 atom stereocenters. The summed E-state index contributed by atoms with van der Waals surface area (Å²) in [5.74, 6) is 0. The molecular weight excluding hydrogens is 358 g/mol. The van der Waals surface area contributed by atoms with E-state index in [1.807, 2.05) is 30.3 Å². The topological polar surface area (TPSA) is 64.0 Å². The second kappa shape index (κ2) is 10.6. The molecule has 0 fully saturated rings. The number of nitrogens with one attached hydrogen (secondary N) is 1. The van der Waals surface area contributed by atoms with E-state index in [1.165, 1.54) is 38.5 Å². The second-order valence-electron chi connectivity index (χ2n) is 7.12. The maximum absolute atomic E-state index is 12.8. The Morgan fingerprint density at radius 1 is 0.926 bits per heavy atom. The molecule has 0 aliphatic rings. The number of para-hydroxylation sites is 1. The standard InChI is InChI=1S/C21H33N3O2S/c1-4-5-6-7-8-9-10-14-17-22-27(25,26)21-18(2)23-24(19(21)3)20-15-12-11-13-16-20/h11-13,15-16,22H,4-10,14,17H2,1-3H3. The van der Waals surface area contributed by atoms with Crippen molar-refractivity contribution in [3.05, 3.63) is 41.7 Å². The summed E-state index contributed by atoms with van der Waals surface area (Å²) in [7, 11) is -3.55. The highest BCUT2D eigenvalue weighted by Crippen LogP contribution is 2.22. The Kier molecular flexibility index (Phi) is 8.51. The van der Waals surface area contributed by atoms with Crippen LogP contribution >= 0.6 is 0 Å². The van der Waals surface area contributed by atoms with Crippen molar-refractivity contribution < 1.29 is 8.42 Å². The summed E-state index contributed by atoms with van der Waals surface area (Å²) in [5.41, 5.74) is 2.03. The number of aromatic nitrogens is 2. The minimum absolute atomic E-state index is 0.297. The molecule has 6 heteroatoms. The third kappa shape index (κ3) is 6.18. The van der Waals surface area contributed by atoms with Crippen molar-refractivity contribution in [2.24, 2.45) is 0 Å². The Labute approximate surface area is 164 Å². The van der Waals surface area contributed by atoms with Crippen molar-refractivity contribution >= 4 is 10.0 Å². The first-order valence-electron chi connectivity index (χ1n) is 10.1.